The summed E-state index contributed by atoms with van der Waals surface area (Å²) < 4.78 is 4.73. The number of hydrogen-bond donors (Lipinski definition) is 1. The summed E-state index contributed by atoms with van der Waals surface area (Å²) in [6.07, 6.45) is 1.53. The van der Waals surface area contributed by atoms with Crippen LogP contribution in [0.1, 0.15) is 5.76 Å². The molecule has 0 aliphatic rings. The van der Waals surface area contributed by atoms with Gasteiger partial charge < -0.3 is 9.52 Å². The van der Waals surface area contributed by atoms with E-state index >= 15 is 0 Å². The third-order valence-corrected chi connectivity index (χ3v) is 0.736. The van der Waals surface area contributed by atoms with Crippen LogP contribution in [0.25, 0.3) is 0 Å². The van der Waals surface area contributed by atoms with Gasteiger partial charge in [0, 0.05) is 7.43 Å². The molecule has 8 heavy (non-hydrogen) atoms. The molecule has 0 aliphatic heterocycles. The van der Waals surface area contributed by atoms with Crippen molar-refractivity contribution in [2.24, 2.45) is 0 Å². The van der Waals surface area contributed by atoms with Gasteiger partial charge in [0.2, 0.25) is 0 Å². The Kier molecular flexibility index (Phi) is 2.96. The molecule has 0 fully saturated rings. The number of furan rings is 1. The summed E-state index contributed by atoms with van der Waals surface area (Å²) in [6.45, 7) is -0.00694. The van der Waals surface area contributed by atoms with E-state index in [0.717, 1.165) is 0 Å². The number of rotatable bonds is 1. The van der Waals surface area contributed by atoms with Crippen LogP contribution in [0.4, 0.5) is 0 Å². The third-order valence-electron chi connectivity index (χ3n) is 0.736. The van der Waals surface area contributed by atoms with Gasteiger partial charge in [-0.1, -0.05) is 0 Å². The molecule has 1 aromatic rings. The molecule has 1 aromatic heterocycles. The van der Waals surface area contributed by atoms with E-state index in [9.17, 15) is 0 Å². The van der Waals surface area contributed by atoms with Gasteiger partial charge in [0.25, 0.3) is 0 Å². The quantitative estimate of drug-likeness (QED) is 0.581. The fraction of sp³-hybridized carbons (Fsp3) is 0.167. The van der Waals surface area contributed by atoms with Crippen molar-refractivity contribution in [1.82, 2.24) is 0 Å². The molecule has 2 heteroatoms. The predicted molar refractivity (Wildman–Crippen MR) is 27.9 cm³/mol. The van der Waals surface area contributed by atoms with Crippen LogP contribution in [0.15, 0.2) is 22.8 Å². The standard InChI is InChI=1S/C5H6O2.C/c6-4-5-2-1-3-7-5;/h1-3,6H,4H2;. The average Bonchev–Trinajstić information content (AvgIpc) is 2.14. The van der Waals surface area contributed by atoms with Gasteiger partial charge in [0.05, 0.1) is 6.26 Å². The van der Waals surface area contributed by atoms with Gasteiger partial charge in [0.15, 0.2) is 0 Å². The van der Waals surface area contributed by atoms with Gasteiger partial charge in [-0.25, -0.2) is 0 Å². The van der Waals surface area contributed by atoms with E-state index in [0.29, 0.717) is 5.76 Å². The Labute approximate surface area is 48.8 Å². The average molecular weight is 110 g/mol. The Bertz CT molecular complexity index is 121. The largest absolute Gasteiger partial charge is 0.467 e. The lowest BCUT2D eigenvalue weighted by Crippen LogP contribution is -1.72. The molecule has 0 spiro atoms. The van der Waals surface area contributed by atoms with Crippen molar-refractivity contribution in [3.63, 3.8) is 0 Å². The number of aliphatic hydroxyl groups is 1. The van der Waals surface area contributed by atoms with E-state index in [-0.39, 0.29) is 14.0 Å². The topological polar surface area (TPSA) is 33.4 Å². The molecular formula is C6H6O2. The zero-order chi connectivity index (χ0) is 5.11. The molecule has 0 atom stereocenters. The van der Waals surface area contributed by atoms with Crippen LogP contribution in [-0.2, 0) is 6.61 Å². The Morgan fingerprint density at radius 3 is 2.62 bits per heavy atom. The second-order valence-electron chi connectivity index (χ2n) is 1.24. The Morgan fingerprint density at radius 2 is 2.38 bits per heavy atom. The highest BCUT2D eigenvalue weighted by Gasteiger charge is 1.85. The molecule has 0 saturated heterocycles. The van der Waals surface area contributed by atoms with Crippen molar-refractivity contribution in [3.05, 3.63) is 31.6 Å². The first-order valence-electron chi connectivity index (χ1n) is 2.06. The minimum atomic E-state index is -0.00694. The fourth-order valence-electron chi connectivity index (χ4n) is 0.403. The first-order chi connectivity index (χ1) is 3.43. The summed E-state index contributed by atoms with van der Waals surface area (Å²) in [5, 5.41) is 8.33. The molecule has 0 aromatic carbocycles. The SMILES string of the molecule is OCc1ccco1.[C]. The minimum Gasteiger partial charge on any atom is -0.467 e. The highest BCUT2D eigenvalue weighted by Crippen LogP contribution is 1.96. The van der Waals surface area contributed by atoms with Crippen molar-refractivity contribution in [2.45, 2.75) is 6.61 Å². The van der Waals surface area contributed by atoms with E-state index in [4.69, 9.17) is 9.52 Å². The van der Waals surface area contributed by atoms with Crippen LogP contribution in [0.2, 0.25) is 0 Å². The molecule has 0 aliphatic carbocycles. The summed E-state index contributed by atoms with van der Waals surface area (Å²) in [4.78, 5) is 0. The molecule has 0 bridgehead atoms. The summed E-state index contributed by atoms with van der Waals surface area (Å²) >= 11 is 0. The second-order valence-corrected chi connectivity index (χ2v) is 1.24. The Morgan fingerprint density at radius 1 is 1.62 bits per heavy atom. The Hall–Kier alpha value is -0.760. The smallest absolute Gasteiger partial charge is 0.129 e. The predicted octanol–water partition coefficient (Wildman–Crippen LogP) is 0.853. The maximum absolute atomic E-state index is 8.33. The van der Waals surface area contributed by atoms with Crippen molar-refractivity contribution < 1.29 is 9.52 Å². The molecule has 0 saturated carbocycles. The molecule has 2 nitrogen and oxygen atoms in total. The van der Waals surface area contributed by atoms with Crippen LogP contribution >= 0.6 is 0 Å². The monoisotopic (exact) mass is 110 g/mol. The number of hydrogen-bond acceptors (Lipinski definition) is 2. The van der Waals surface area contributed by atoms with Gasteiger partial charge in [-0.2, -0.15) is 0 Å². The molecule has 1 heterocycles. The normalized spacial score (nSPS) is 8.12. The summed E-state index contributed by atoms with van der Waals surface area (Å²) in [5.74, 6) is 0.611. The van der Waals surface area contributed by atoms with E-state index in [2.05, 4.69) is 0 Å². The lowest BCUT2D eigenvalue weighted by Gasteiger charge is -1.79. The van der Waals surface area contributed by atoms with Crippen LogP contribution < -0.4 is 0 Å². The Balaban J connectivity index is 0.000000490. The van der Waals surface area contributed by atoms with Crippen molar-refractivity contribution in [2.75, 3.05) is 0 Å². The van der Waals surface area contributed by atoms with Gasteiger partial charge in [-0.3, -0.25) is 0 Å². The summed E-state index contributed by atoms with van der Waals surface area (Å²) in [5.41, 5.74) is 0. The zero-order valence-electron chi connectivity index (χ0n) is 4.29. The van der Waals surface area contributed by atoms with Gasteiger partial charge >= 0.3 is 0 Å². The van der Waals surface area contributed by atoms with Crippen LogP contribution in [0.5, 0.6) is 0 Å². The molecule has 42 valence electrons. The molecule has 4 radical (unpaired) electrons. The van der Waals surface area contributed by atoms with Crippen LogP contribution in [0.3, 0.4) is 0 Å². The lowest BCUT2D eigenvalue weighted by molar-refractivity contribution is 0.247. The van der Waals surface area contributed by atoms with E-state index in [1.807, 2.05) is 0 Å². The highest BCUT2D eigenvalue weighted by molar-refractivity contribution is 4.95. The summed E-state index contributed by atoms with van der Waals surface area (Å²) in [6, 6.07) is 3.46. The number of aliphatic hydroxyl groups excluding tert-OH is 1. The van der Waals surface area contributed by atoms with Crippen molar-refractivity contribution >= 4 is 0 Å². The van der Waals surface area contributed by atoms with Crippen LogP contribution in [-0.4, -0.2) is 5.11 Å². The fourth-order valence-corrected chi connectivity index (χ4v) is 0.403. The van der Waals surface area contributed by atoms with E-state index in [1.54, 1.807) is 12.1 Å². The molecule has 1 N–H and O–H groups in total. The minimum absolute atomic E-state index is 0. The highest BCUT2D eigenvalue weighted by atomic mass is 16.4. The molecule has 0 amide bonds. The zero-order valence-corrected chi connectivity index (χ0v) is 4.29. The first-order valence-corrected chi connectivity index (χ1v) is 2.06. The molecular weight excluding hydrogens is 104 g/mol. The first kappa shape index (κ1) is 7.24. The van der Waals surface area contributed by atoms with Crippen molar-refractivity contribution in [1.29, 1.82) is 0 Å². The molecule has 0 unspecified atom stereocenters. The summed E-state index contributed by atoms with van der Waals surface area (Å²) in [7, 11) is 0. The maximum Gasteiger partial charge on any atom is 0.129 e. The second kappa shape index (κ2) is 3.27. The van der Waals surface area contributed by atoms with Crippen molar-refractivity contribution in [3.8, 4) is 0 Å². The lowest BCUT2D eigenvalue weighted by atomic mass is 10.5. The van der Waals surface area contributed by atoms with E-state index < -0.39 is 0 Å². The molecule has 1 rings (SSSR count). The third kappa shape index (κ3) is 1.39. The maximum atomic E-state index is 8.33. The van der Waals surface area contributed by atoms with Crippen LogP contribution in [0, 0.1) is 7.43 Å². The van der Waals surface area contributed by atoms with Gasteiger partial charge in [-0.05, 0) is 12.1 Å². The van der Waals surface area contributed by atoms with E-state index in [1.165, 1.54) is 6.26 Å². The van der Waals surface area contributed by atoms with Gasteiger partial charge in [-0.15, -0.1) is 0 Å². The van der Waals surface area contributed by atoms with Gasteiger partial charge in [0.1, 0.15) is 12.4 Å².